The maximum Gasteiger partial charge on any atom is 0.343 e. The fourth-order valence-corrected chi connectivity index (χ4v) is 4.50. The van der Waals surface area contributed by atoms with Gasteiger partial charge in [0.25, 0.3) is 0 Å². The third-order valence-corrected chi connectivity index (χ3v) is 6.49. The zero-order chi connectivity index (χ0) is 22.6. The van der Waals surface area contributed by atoms with Crippen LogP contribution in [-0.4, -0.2) is 12.6 Å². The van der Waals surface area contributed by atoms with E-state index in [2.05, 4.69) is 6.92 Å². The molecular weight excluding hydrogens is 398 g/mol. The van der Waals surface area contributed by atoms with Crippen LogP contribution in [0.25, 0.3) is 0 Å². The topological polar surface area (TPSA) is 59.3 Å². The summed E-state index contributed by atoms with van der Waals surface area (Å²) in [4.78, 5) is 12.3. The zero-order valence-corrected chi connectivity index (χ0v) is 19.2. The molecule has 0 bridgehead atoms. The summed E-state index contributed by atoms with van der Waals surface area (Å²) in [5.74, 6) is 2.60. The van der Waals surface area contributed by atoms with Crippen LogP contribution in [-0.2, 0) is 0 Å². The normalized spacial score (nSPS) is 18.0. The number of ether oxygens (including phenoxy) is 2. The predicted molar refractivity (Wildman–Crippen MR) is 127 cm³/mol. The zero-order valence-electron chi connectivity index (χ0n) is 19.2. The maximum absolute atomic E-state index is 12.3. The minimum Gasteiger partial charge on any atom is -0.494 e. The standard InChI is InChI=1S/C28H35NO3/c1-2-3-4-6-22-8-10-23(11-9-22)7-5-20-31-26-18-14-25(15-19-26)28(30)32-27-16-12-24(21-29)13-17-27/h12-19,22-23H,2-11,20H2,1H3. The summed E-state index contributed by atoms with van der Waals surface area (Å²) in [6.07, 6.45) is 13.5. The van der Waals surface area contributed by atoms with Crippen molar-refractivity contribution in [1.82, 2.24) is 0 Å². The van der Waals surface area contributed by atoms with E-state index in [0.29, 0.717) is 23.5 Å². The molecule has 0 aliphatic heterocycles. The van der Waals surface area contributed by atoms with Gasteiger partial charge in [0.05, 0.1) is 23.8 Å². The molecule has 0 N–H and O–H groups in total. The molecule has 170 valence electrons. The first-order valence-corrected chi connectivity index (χ1v) is 12.1. The predicted octanol–water partition coefficient (Wildman–Crippen LogP) is 7.32. The van der Waals surface area contributed by atoms with Crippen LogP contribution in [0.2, 0.25) is 0 Å². The molecule has 2 aromatic carbocycles. The highest BCUT2D eigenvalue weighted by atomic mass is 16.5. The van der Waals surface area contributed by atoms with E-state index in [0.717, 1.165) is 24.0 Å². The van der Waals surface area contributed by atoms with Crippen LogP contribution in [0.3, 0.4) is 0 Å². The molecule has 0 radical (unpaired) electrons. The number of esters is 1. The molecule has 4 nitrogen and oxygen atoms in total. The molecule has 0 unspecified atom stereocenters. The van der Waals surface area contributed by atoms with E-state index >= 15 is 0 Å². The van der Waals surface area contributed by atoms with Crippen LogP contribution in [0.5, 0.6) is 11.5 Å². The highest BCUT2D eigenvalue weighted by Crippen LogP contribution is 2.34. The summed E-state index contributed by atoms with van der Waals surface area (Å²) in [5.41, 5.74) is 0.999. The van der Waals surface area contributed by atoms with Crippen LogP contribution < -0.4 is 9.47 Å². The number of unbranched alkanes of at least 4 members (excludes halogenated alkanes) is 2. The lowest BCUT2D eigenvalue weighted by Gasteiger charge is -2.28. The number of hydrogen-bond donors (Lipinski definition) is 0. The third-order valence-electron chi connectivity index (χ3n) is 6.49. The second-order valence-corrected chi connectivity index (χ2v) is 8.92. The van der Waals surface area contributed by atoms with Gasteiger partial charge < -0.3 is 9.47 Å². The van der Waals surface area contributed by atoms with Gasteiger partial charge in [-0.05, 0) is 73.2 Å². The summed E-state index contributed by atoms with van der Waals surface area (Å²) >= 11 is 0. The molecule has 0 amide bonds. The fraction of sp³-hybridized carbons (Fsp3) is 0.500. The van der Waals surface area contributed by atoms with Crippen molar-refractivity contribution in [3.05, 3.63) is 59.7 Å². The number of carbonyl (C=O) groups excluding carboxylic acids is 1. The van der Waals surface area contributed by atoms with Crippen molar-refractivity contribution in [2.24, 2.45) is 11.8 Å². The van der Waals surface area contributed by atoms with Crippen molar-refractivity contribution in [1.29, 1.82) is 5.26 Å². The lowest BCUT2D eigenvalue weighted by atomic mass is 9.78. The van der Waals surface area contributed by atoms with Gasteiger partial charge in [0, 0.05) is 0 Å². The third kappa shape index (κ3) is 7.71. The van der Waals surface area contributed by atoms with E-state index in [9.17, 15) is 4.79 Å². The summed E-state index contributed by atoms with van der Waals surface area (Å²) in [7, 11) is 0. The molecular formula is C28H35NO3. The smallest absolute Gasteiger partial charge is 0.343 e. The molecule has 1 aliphatic carbocycles. The van der Waals surface area contributed by atoms with Gasteiger partial charge in [-0.1, -0.05) is 58.3 Å². The Balaban J connectivity index is 1.33. The second-order valence-electron chi connectivity index (χ2n) is 8.92. The molecule has 3 rings (SSSR count). The van der Waals surface area contributed by atoms with E-state index < -0.39 is 5.97 Å². The fourth-order valence-electron chi connectivity index (χ4n) is 4.50. The van der Waals surface area contributed by atoms with Crippen LogP contribution in [0.1, 0.15) is 87.1 Å². The van der Waals surface area contributed by atoms with Gasteiger partial charge in [-0.25, -0.2) is 4.79 Å². The Kier molecular flexibility index (Phi) is 9.62. The van der Waals surface area contributed by atoms with E-state index in [1.807, 2.05) is 18.2 Å². The highest BCUT2D eigenvalue weighted by Gasteiger charge is 2.20. The molecule has 32 heavy (non-hydrogen) atoms. The number of nitrogens with zero attached hydrogens (tertiary/aromatic N) is 1. The first-order chi connectivity index (χ1) is 15.7. The Hall–Kier alpha value is -2.80. The molecule has 0 saturated heterocycles. The van der Waals surface area contributed by atoms with E-state index in [4.69, 9.17) is 14.7 Å². The van der Waals surface area contributed by atoms with Crippen molar-refractivity contribution in [2.45, 2.75) is 71.1 Å². The van der Waals surface area contributed by atoms with Crippen LogP contribution >= 0.6 is 0 Å². The summed E-state index contributed by atoms with van der Waals surface area (Å²) in [6.45, 7) is 2.99. The minimum absolute atomic E-state index is 0.421. The summed E-state index contributed by atoms with van der Waals surface area (Å²) in [5, 5.41) is 8.83. The van der Waals surface area contributed by atoms with Crippen molar-refractivity contribution < 1.29 is 14.3 Å². The van der Waals surface area contributed by atoms with Crippen LogP contribution in [0.4, 0.5) is 0 Å². The minimum atomic E-state index is -0.424. The van der Waals surface area contributed by atoms with Gasteiger partial charge in [-0.15, -0.1) is 0 Å². The SMILES string of the molecule is CCCCCC1CCC(CCCOc2ccc(C(=O)Oc3ccc(C#N)cc3)cc2)CC1. The summed E-state index contributed by atoms with van der Waals surface area (Å²) in [6, 6.07) is 15.6. The Morgan fingerprint density at radius 2 is 1.47 bits per heavy atom. The molecule has 4 heteroatoms. The van der Waals surface area contributed by atoms with Gasteiger partial charge in [0.15, 0.2) is 0 Å². The average Bonchev–Trinajstić information content (AvgIpc) is 2.84. The molecule has 1 saturated carbocycles. The molecule has 1 aliphatic rings. The molecule has 0 atom stereocenters. The lowest BCUT2D eigenvalue weighted by Crippen LogP contribution is -2.15. The molecule has 0 aromatic heterocycles. The number of rotatable bonds is 11. The monoisotopic (exact) mass is 433 g/mol. The quantitative estimate of drug-likeness (QED) is 0.211. The Labute approximate surface area is 192 Å². The van der Waals surface area contributed by atoms with Crippen molar-refractivity contribution >= 4 is 5.97 Å². The van der Waals surface area contributed by atoms with E-state index in [-0.39, 0.29) is 0 Å². The van der Waals surface area contributed by atoms with Gasteiger partial charge in [-0.2, -0.15) is 5.26 Å². The maximum atomic E-state index is 12.3. The molecule has 2 aromatic rings. The number of nitriles is 1. The van der Waals surface area contributed by atoms with Crippen LogP contribution in [0.15, 0.2) is 48.5 Å². The Morgan fingerprint density at radius 1 is 0.875 bits per heavy atom. The summed E-state index contributed by atoms with van der Waals surface area (Å²) < 4.78 is 11.2. The van der Waals surface area contributed by atoms with Crippen LogP contribution in [0, 0.1) is 23.2 Å². The highest BCUT2D eigenvalue weighted by molar-refractivity contribution is 5.91. The lowest BCUT2D eigenvalue weighted by molar-refractivity contribution is 0.0734. The van der Waals surface area contributed by atoms with Crippen molar-refractivity contribution in [3.63, 3.8) is 0 Å². The number of benzene rings is 2. The first kappa shape index (κ1) is 23.9. The van der Waals surface area contributed by atoms with Gasteiger partial charge in [0.1, 0.15) is 11.5 Å². The molecule has 1 fully saturated rings. The number of hydrogen-bond acceptors (Lipinski definition) is 4. The van der Waals surface area contributed by atoms with Crippen molar-refractivity contribution in [3.8, 4) is 17.6 Å². The van der Waals surface area contributed by atoms with E-state index in [1.54, 1.807) is 36.4 Å². The molecule has 0 heterocycles. The van der Waals surface area contributed by atoms with Gasteiger partial charge >= 0.3 is 5.97 Å². The largest absolute Gasteiger partial charge is 0.494 e. The van der Waals surface area contributed by atoms with Gasteiger partial charge in [-0.3, -0.25) is 0 Å². The first-order valence-electron chi connectivity index (χ1n) is 12.1. The molecule has 0 spiro atoms. The van der Waals surface area contributed by atoms with Gasteiger partial charge in [0.2, 0.25) is 0 Å². The average molecular weight is 434 g/mol. The van der Waals surface area contributed by atoms with E-state index in [1.165, 1.54) is 57.8 Å². The Bertz CT molecular complexity index is 859. The Morgan fingerprint density at radius 3 is 2.06 bits per heavy atom. The van der Waals surface area contributed by atoms with Crippen molar-refractivity contribution in [2.75, 3.05) is 6.61 Å². The second kappa shape index (κ2) is 12.9. The number of carbonyl (C=O) groups is 1.